The molecule has 0 radical (unpaired) electrons. The van der Waals surface area contributed by atoms with Gasteiger partial charge < -0.3 is 4.74 Å². The summed E-state index contributed by atoms with van der Waals surface area (Å²) >= 11 is 5.96. The van der Waals surface area contributed by atoms with Crippen LogP contribution in [0.1, 0.15) is 46.0 Å². The summed E-state index contributed by atoms with van der Waals surface area (Å²) in [4.78, 5) is 24.3. The third kappa shape index (κ3) is 4.98. The van der Waals surface area contributed by atoms with E-state index in [1.807, 2.05) is 12.1 Å². The van der Waals surface area contributed by atoms with Crippen LogP contribution in [0.5, 0.6) is 0 Å². The largest absolute Gasteiger partial charge is 0.454 e. The zero-order chi connectivity index (χ0) is 21.1. The maximum Gasteiger partial charge on any atom is 0.338 e. The molecule has 0 spiro atoms. The second-order valence-corrected chi connectivity index (χ2v) is 9.24. The SMILES string of the molecule is CC(C)c1ccc(C(=O)COC(=O)c2ccc(Cl)c(S(=O)(=O)N(C)C)c2)cc1. The van der Waals surface area contributed by atoms with Crippen LogP contribution in [0.4, 0.5) is 0 Å². The third-order valence-electron chi connectivity index (χ3n) is 4.16. The second kappa shape index (κ2) is 8.86. The van der Waals surface area contributed by atoms with Gasteiger partial charge in [-0.15, -0.1) is 0 Å². The van der Waals surface area contributed by atoms with Crippen molar-refractivity contribution in [2.75, 3.05) is 20.7 Å². The summed E-state index contributed by atoms with van der Waals surface area (Å²) in [5.74, 6) is -0.808. The first-order valence-electron chi connectivity index (χ1n) is 8.56. The average molecular weight is 424 g/mol. The first kappa shape index (κ1) is 22.1. The van der Waals surface area contributed by atoms with Crippen molar-refractivity contribution in [3.8, 4) is 0 Å². The van der Waals surface area contributed by atoms with Crippen molar-refractivity contribution in [1.82, 2.24) is 4.31 Å². The number of hydrogen-bond acceptors (Lipinski definition) is 5. The van der Waals surface area contributed by atoms with Gasteiger partial charge in [-0.25, -0.2) is 17.5 Å². The lowest BCUT2D eigenvalue weighted by atomic mass is 10.0. The normalized spacial score (nSPS) is 11.7. The van der Waals surface area contributed by atoms with Gasteiger partial charge in [0.05, 0.1) is 10.6 Å². The van der Waals surface area contributed by atoms with Crippen molar-refractivity contribution in [3.05, 3.63) is 64.2 Å². The van der Waals surface area contributed by atoms with E-state index in [2.05, 4.69) is 13.8 Å². The minimum atomic E-state index is -3.82. The van der Waals surface area contributed by atoms with Crippen LogP contribution in [0.2, 0.25) is 5.02 Å². The lowest BCUT2D eigenvalue weighted by Crippen LogP contribution is -2.23. The summed E-state index contributed by atoms with van der Waals surface area (Å²) in [5.41, 5.74) is 1.53. The molecule has 2 rings (SSSR count). The molecule has 0 aromatic heterocycles. The summed E-state index contributed by atoms with van der Waals surface area (Å²) in [6.07, 6.45) is 0. The lowest BCUT2D eigenvalue weighted by molar-refractivity contribution is 0.0474. The van der Waals surface area contributed by atoms with Crippen molar-refractivity contribution in [1.29, 1.82) is 0 Å². The van der Waals surface area contributed by atoms with Gasteiger partial charge in [0.25, 0.3) is 0 Å². The van der Waals surface area contributed by atoms with Crippen molar-refractivity contribution < 1.29 is 22.7 Å². The smallest absolute Gasteiger partial charge is 0.338 e. The number of sulfonamides is 1. The lowest BCUT2D eigenvalue weighted by Gasteiger charge is -2.13. The molecule has 6 nitrogen and oxygen atoms in total. The van der Waals surface area contributed by atoms with Gasteiger partial charge in [0.1, 0.15) is 4.90 Å². The molecule has 150 valence electrons. The average Bonchev–Trinajstić information content (AvgIpc) is 2.65. The number of halogens is 1. The number of nitrogens with zero attached hydrogens (tertiary/aromatic N) is 1. The maximum absolute atomic E-state index is 12.3. The van der Waals surface area contributed by atoms with E-state index >= 15 is 0 Å². The Morgan fingerprint density at radius 2 is 1.61 bits per heavy atom. The highest BCUT2D eigenvalue weighted by molar-refractivity contribution is 7.89. The van der Waals surface area contributed by atoms with Gasteiger partial charge in [-0.3, -0.25) is 4.79 Å². The van der Waals surface area contributed by atoms with Crippen molar-refractivity contribution in [2.24, 2.45) is 0 Å². The van der Waals surface area contributed by atoms with E-state index in [0.717, 1.165) is 15.9 Å². The Balaban J connectivity index is 2.12. The summed E-state index contributed by atoms with van der Waals surface area (Å²) in [6, 6.07) is 10.9. The zero-order valence-electron chi connectivity index (χ0n) is 16.1. The number of Topliss-reactive ketones (excluding diaryl/α,β-unsaturated/α-hetero) is 1. The van der Waals surface area contributed by atoms with Crippen LogP contribution >= 0.6 is 11.6 Å². The van der Waals surface area contributed by atoms with Gasteiger partial charge in [0, 0.05) is 19.7 Å². The molecule has 2 aromatic carbocycles. The van der Waals surface area contributed by atoms with Gasteiger partial charge in [-0.1, -0.05) is 49.7 Å². The number of ketones is 1. The predicted molar refractivity (Wildman–Crippen MR) is 107 cm³/mol. The number of ether oxygens (including phenoxy) is 1. The number of rotatable bonds is 7. The van der Waals surface area contributed by atoms with Crippen LogP contribution in [-0.2, 0) is 14.8 Å². The molecule has 0 amide bonds. The first-order chi connectivity index (χ1) is 13.0. The Kier molecular flexibility index (Phi) is 6.98. The minimum absolute atomic E-state index is 0.00668. The molecule has 0 saturated carbocycles. The molecular weight excluding hydrogens is 402 g/mol. The van der Waals surface area contributed by atoms with Crippen LogP contribution in [0.25, 0.3) is 0 Å². The number of hydrogen-bond donors (Lipinski definition) is 0. The molecule has 0 atom stereocenters. The molecule has 0 N–H and O–H groups in total. The van der Waals surface area contributed by atoms with E-state index in [4.69, 9.17) is 16.3 Å². The van der Waals surface area contributed by atoms with E-state index in [1.165, 1.54) is 26.2 Å². The first-order valence-corrected chi connectivity index (χ1v) is 10.4. The summed E-state index contributed by atoms with van der Waals surface area (Å²) in [5, 5.41) is -0.00781. The Morgan fingerprint density at radius 1 is 1.04 bits per heavy atom. The van der Waals surface area contributed by atoms with Gasteiger partial charge in [0.2, 0.25) is 10.0 Å². The standard InChI is InChI=1S/C20H22ClNO5S/c1-13(2)14-5-7-15(8-6-14)18(23)12-27-20(24)16-9-10-17(21)19(11-16)28(25,26)22(3)4/h5-11,13H,12H2,1-4H3. The van der Waals surface area contributed by atoms with Crippen molar-refractivity contribution >= 4 is 33.4 Å². The Hall–Kier alpha value is -2.22. The third-order valence-corrected chi connectivity index (χ3v) is 6.46. The maximum atomic E-state index is 12.3. The van der Waals surface area contributed by atoms with Gasteiger partial charge in [-0.2, -0.15) is 0 Å². The number of carbonyl (C=O) groups excluding carboxylic acids is 2. The molecule has 0 unspecified atom stereocenters. The highest BCUT2D eigenvalue weighted by Crippen LogP contribution is 2.25. The van der Waals surface area contributed by atoms with Crippen molar-refractivity contribution in [2.45, 2.75) is 24.7 Å². The molecule has 0 saturated heterocycles. The predicted octanol–water partition coefficient (Wildman–Crippen LogP) is 3.75. The van der Waals surface area contributed by atoms with Crippen LogP contribution in [0, 0.1) is 0 Å². The van der Waals surface area contributed by atoms with Crippen molar-refractivity contribution in [3.63, 3.8) is 0 Å². The highest BCUT2D eigenvalue weighted by atomic mass is 35.5. The molecule has 0 heterocycles. The molecule has 28 heavy (non-hydrogen) atoms. The van der Waals surface area contributed by atoms with Crippen LogP contribution in [0.3, 0.4) is 0 Å². The number of benzene rings is 2. The van der Waals surface area contributed by atoms with E-state index in [0.29, 0.717) is 11.5 Å². The quantitative estimate of drug-likeness (QED) is 0.500. The molecule has 8 heteroatoms. The summed E-state index contributed by atoms with van der Waals surface area (Å²) in [6.45, 7) is 3.66. The monoisotopic (exact) mass is 423 g/mol. The molecule has 0 aliphatic heterocycles. The fourth-order valence-corrected chi connectivity index (χ4v) is 3.77. The van der Waals surface area contributed by atoms with E-state index in [-0.39, 0.29) is 21.3 Å². The number of carbonyl (C=O) groups is 2. The Morgan fingerprint density at radius 3 is 2.14 bits per heavy atom. The van der Waals surface area contributed by atoms with Gasteiger partial charge in [0.15, 0.2) is 12.4 Å². The summed E-state index contributed by atoms with van der Waals surface area (Å²) in [7, 11) is -1.10. The molecule has 2 aromatic rings. The molecule has 0 aliphatic carbocycles. The zero-order valence-corrected chi connectivity index (χ0v) is 17.7. The molecular formula is C20H22ClNO5S. The van der Waals surface area contributed by atoms with Crippen LogP contribution in [-0.4, -0.2) is 45.2 Å². The highest BCUT2D eigenvalue weighted by Gasteiger charge is 2.23. The van der Waals surface area contributed by atoms with Gasteiger partial charge >= 0.3 is 5.97 Å². The number of esters is 1. The fourth-order valence-electron chi connectivity index (χ4n) is 2.38. The topological polar surface area (TPSA) is 80.8 Å². The Bertz CT molecular complexity index is 982. The summed E-state index contributed by atoms with van der Waals surface area (Å²) < 4.78 is 30.6. The van der Waals surface area contributed by atoms with E-state index in [9.17, 15) is 18.0 Å². The molecule has 0 fully saturated rings. The second-order valence-electron chi connectivity index (χ2n) is 6.71. The van der Waals surface area contributed by atoms with E-state index in [1.54, 1.807) is 12.1 Å². The minimum Gasteiger partial charge on any atom is -0.454 e. The van der Waals surface area contributed by atoms with Gasteiger partial charge in [-0.05, 0) is 29.7 Å². The van der Waals surface area contributed by atoms with E-state index < -0.39 is 22.6 Å². The molecule has 0 aliphatic rings. The molecule has 0 bridgehead atoms. The van der Waals surface area contributed by atoms with Crippen LogP contribution in [0.15, 0.2) is 47.4 Å². The fraction of sp³-hybridized carbons (Fsp3) is 0.300. The van der Waals surface area contributed by atoms with Crippen LogP contribution < -0.4 is 0 Å². The Labute approximate surface area is 170 Å².